The number of nitrogens with one attached hydrogen (secondary N) is 2. The number of fused-ring (bicyclic) bond motifs is 1. The summed E-state index contributed by atoms with van der Waals surface area (Å²) < 4.78 is 7.08. The smallest absolute Gasteiger partial charge is 0.254 e. The van der Waals surface area contributed by atoms with E-state index in [9.17, 15) is 9.59 Å². The zero-order valence-electron chi connectivity index (χ0n) is 22.5. The number of amides is 2. The Morgan fingerprint density at radius 2 is 2.05 bits per heavy atom. The zero-order valence-corrected chi connectivity index (χ0v) is 23.2. The molecule has 1 atom stereocenters. The first-order valence-electron chi connectivity index (χ1n) is 13.5. The lowest BCUT2D eigenvalue weighted by Crippen LogP contribution is -2.38. The third kappa shape index (κ3) is 5.91. The van der Waals surface area contributed by atoms with E-state index in [-0.39, 0.29) is 30.4 Å². The molecule has 0 aliphatic carbocycles. The van der Waals surface area contributed by atoms with Crippen LogP contribution >= 0.6 is 11.6 Å². The van der Waals surface area contributed by atoms with Crippen molar-refractivity contribution < 1.29 is 14.3 Å². The molecule has 0 saturated carbocycles. The fourth-order valence-electron chi connectivity index (χ4n) is 5.12. The molecular formula is C29H29ClN8O3. The van der Waals surface area contributed by atoms with Crippen molar-refractivity contribution in [3.05, 3.63) is 83.0 Å². The number of rotatable bonds is 8. The van der Waals surface area contributed by atoms with Crippen LogP contribution in [0.3, 0.4) is 0 Å². The number of anilines is 1. The second-order valence-electron chi connectivity index (χ2n) is 10.2. The van der Waals surface area contributed by atoms with Crippen LogP contribution in [0.5, 0.6) is 0 Å². The van der Waals surface area contributed by atoms with Crippen molar-refractivity contribution in [2.24, 2.45) is 0 Å². The van der Waals surface area contributed by atoms with Crippen LogP contribution < -0.4 is 10.6 Å². The molecule has 0 radical (unpaired) electrons. The molecule has 11 nitrogen and oxygen atoms in total. The first-order valence-corrected chi connectivity index (χ1v) is 13.9. The monoisotopic (exact) mass is 572 g/mol. The number of halogens is 1. The molecule has 1 unspecified atom stereocenters. The van der Waals surface area contributed by atoms with Crippen molar-refractivity contribution in [1.29, 1.82) is 0 Å². The first-order chi connectivity index (χ1) is 19.9. The van der Waals surface area contributed by atoms with Crippen LogP contribution in [0, 0.1) is 0 Å². The SMILES string of the molecule is CC(NC(=O)CN1Cc2ccc(-c3nc(NC4CCOCC4)ncc3Cl)cc2C1=O)c1cccc(-n2cncn2)c1. The maximum atomic E-state index is 13.3. The van der Waals surface area contributed by atoms with Crippen LogP contribution in [-0.2, 0) is 16.1 Å². The van der Waals surface area contributed by atoms with Gasteiger partial charge in [-0.25, -0.2) is 19.6 Å². The highest BCUT2D eigenvalue weighted by Crippen LogP contribution is 2.31. The highest BCUT2D eigenvalue weighted by Gasteiger charge is 2.30. The lowest BCUT2D eigenvalue weighted by Gasteiger charge is -2.23. The topological polar surface area (TPSA) is 127 Å². The number of hydrogen-bond donors (Lipinski definition) is 2. The minimum absolute atomic E-state index is 0.0522. The normalized spacial score (nSPS) is 16.0. The largest absolute Gasteiger partial charge is 0.381 e. The Kier molecular flexibility index (Phi) is 7.62. The second kappa shape index (κ2) is 11.6. The minimum atomic E-state index is -0.262. The Hall–Kier alpha value is -4.35. The maximum Gasteiger partial charge on any atom is 0.254 e. The lowest BCUT2D eigenvalue weighted by molar-refractivity contribution is -0.122. The average Bonchev–Trinajstić information content (AvgIpc) is 3.63. The fourth-order valence-corrected chi connectivity index (χ4v) is 5.32. The molecule has 41 heavy (non-hydrogen) atoms. The summed E-state index contributed by atoms with van der Waals surface area (Å²) in [6.07, 6.45) is 6.42. The molecule has 2 aromatic carbocycles. The minimum Gasteiger partial charge on any atom is -0.381 e. The molecule has 0 bridgehead atoms. The molecule has 2 aromatic heterocycles. The Labute approximate surface area is 241 Å². The van der Waals surface area contributed by atoms with Gasteiger partial charge in [-0.1, -0.05) is 35.9 Å². The number of carbonyl (C=O) groups is 2. The molecule has 2 aliphatic heterocycles. The Morgan fingerprint density at radius 1 is 1.20 bits per heavy atom. The van der Waals surface area contributed by atoms with Gasteiger partial charge in [-0.3, -0.25) is 9.59 Å². The van der Waals surface area contributed by atoms with Gasteiger partial charge < -0.3 is 20.3 Å². The van der Waals surface area contributed by atoms with E-state index in [1.807, 2.05) is 43.3 Å². The average molecular weight is 573 g/mol. The van der Waals surface area contributed by atoms with Gasteiger partial charge in [0.25, 0.3) is 5.91 Å². The number of carbonyl (C=O) groups excluding carboxylic acids is 2. The molecule has 6 rings (SSSR count). The predicted molar refractivity (Wildman–Crippen MR) is 153 cm³/mol. The summed E-state index contributed by atoms with van der Waals surface area (Å²) in [5.41, 5.74) is 4.41. The van der Waals surface area contributed by atoms with E-state index in [1.54, 1.807) is 28.2 Å². The molecule has 210 valence electrons. The van der Waals surface area contributed by atoms with Gasteiger partial charge in [0.05, 0.1) is 28.6 Å². The summed E-state index contributed by atoms with van der Waals surface area (Å²) >= 11 is 6.47. The fraction of sp³-hybridized carbons (Fsp3) is 0.310. The summed E-state index contributed by atoms with van der Waals surface area (Å²) in [6.45, 7) is 3.61. The Morgan fingerprint density at radius 3 is 2.85 bits per heavy atom. The molecular weight excluding hydrogens is 544 g/mol. The van der Waals surface area contributed by atoms with Crippen LogP contribution in [0.25, 0.3) is 16.9 Å². The summed E-state index contributed by atoms with van der Waals surface area (Å²) in [5, 5.41) is 10.9. The molecule has 12 heteroatoms. The summed E-state index contributed by atoms with van der Waals surface area (Å²) in [4.78, 5) is 40.7. The second-order valence-corrected chi connectivity index (χ2v) is 10.6. The van der Waals surface area contributed by atoms with Crippen LogP contribution in [0.4, 0.5) is 5.95 Å². The molecule has 2 amide bonds. The Bertz CT molecular complexity index is 1570. The number of ether oxygens (including phenoxy) is 1. The van der Waals surface area contributed by atoms with E-state index in [2.05, 4.69) is 30.7 Å². The van der Waals surface area contributed by atoms with E-state index in [0.717, 1.165) is 29.7 Å². The van der Waals surface area contributed by atoms with E-state index < -0.39 is 0 Å². The highest BCUT2D eigenvalue weighted by atomic mass is 35.5. The number of hydrogen-bond acceptors (Lipinski definition) is 8. The third-order valence-electron chi connectivity index (χ3n) is 7.33. The van der Waals surface area contributed by atoms with Crippen LogP contribution in [-0.4, -0.2) is 67.2 Å². The number of aromatic nitrogens is 5. The lowest BCUT2D eigenvalue weighted by atomic mass is 10.0. The summed E-state index contributed by atoms with van der Waals surface area (Å²) in [5.74, 6) is 0.0404. The maximum absolute atomic E-state index is 13.3. The molecule has 4 heterocycles. The van der Waals surface area contributed by atoms with Crippen molar-refractivity contribution in [1.82, 2.24) is 34.9 Å². The van der Waals surface area contributed by atoms with Gasteiger partial charge in [0, 0.05) is 36.9 Å². The van der Waals surface area contributed by atoms with E-state index in [4.69, 9.17) is 16.3 Å². The van der Waals surface area contributed by atoms with Crippen molar-refractivity contribution in [3.8, 4) is 16.9 Å². The van der Waals surface area contributed by atoms with E-state index >= 15 is 0 Å². The van der Waals surface area contributed by atoms with E-state index in [0.29, 0.717) is 47.6 Å². The predicted octanol–water partition coefficient (Wildman–Crippen LogP) is 3.80. The molecule has 2 N–H and O–H groups in total. The van der Waals surface area contributed by atoms with Crippen LogP contribution in [0.15, 0.2) is 61.3 Å². The standard InChI is InChI=1S/C29H29ClN8O3/c1-18(19-3-2-4-23(11-19)38-17-31-16-33-38)34-26(39)15-37-14-21-6-5-20(12-24(21)28(37)40)27-25(30)13-32-29(36-27)35-22-7-9-41-10-8-22/h2-6,11-13,16-18,22H,7-10,14-15H2,1H3,(H,34,39)(H,32,35,36). The molecule has 4 aromatic rings. The van der Waals surface area contributed by atoms with Crippen LogP contribution in [0.2, 0.25) is 5.02 Å². The van der Waals surface area contributed by atoms with Gasteiger partial charge in [-0.15, -0.1) is 0 Å². The van der Waals surface area contributed by atoms with Crippen molar-refractivity contribution in [2.75, 3.05) is 25.1 Å². The molecule has 2 aliphatic rings. The van der Waals surface area contributed by atoms with Gasteiger partial charge in [-0.2, -0.15) is 5.10 Å². The van der Waals surface area contributed by atoms with Crippen molar-refractivity contribution >= 4 is 29.4 Å². The van der Waals surface area contributed by atoms with Crippen molar-refractivity contribution in [3.63, 3.8) is 0 Å². The van der Waals surface area contributed by atoms with Gasteiger partial charge in [0.2, 0.25) is 11.9 Å². The molecule has 1 fully saturated rings. The number of benzene rings is 2. The van der Waals surface area contributed by atoms with E-state index in [1.165, 1.54) is 6.33 Å². The zero-order chi connectivity index (χ0) is 28.3. The highest BCUT2D eigenvalue weighted by molar-refractivity contribution is 6.33. The van der Waals surface area contributed by atoms with Crippen LogP contribution in [0.1, 0.15) is 47.3 Å². The summed E-state index contributed by atoms with van der Waals surface area (Å²) in [6, 6.07) is 13.3. The Balaban J connectivity index is 1.12. The summed E-state index contributed by atoms with van der Waals surface area (Å²) in [7, 11) is 0. The van der Waals surface area contributed by atoms with Gasteiger partial charge in [-0.05, 0) is 49.1 Å². The molecule has 0 spiro atoms. The van der Waals surface area contributed by atoms with Gasteiger partial charge in [0.15, 0.2) is 0 Å². The van der Waals surface area contributed by atoms with Crippen molar-refractivity contribution in [2.45, 2.75) is 38.4 Å². The quantitative estimate of drug-likeness (QED) is 0.326. The third-order valence-corrected chi connectivity index (χ3v) is 7.60. The molecule has 1 saturated heterocycles. The first kappa shape index (κ1) is 26.9. The number of nitrogens with zero attached hydrogens (tertiary/aromatic N) is 6. The van der Waals surface area contributed by atoms with Gasteiger partial charge in [0.1, 0.15) is 19.2 Å². The van der Waals surface area contributed by atoms with Gasteiger partial charge >= 0.3 is 0 Å².